The van der Waals surface area contributed by atoms with Gasteiger partial charge in [-0.15, -0.1) is 0 Å². The van der Waals surface area contributed by atoms with E-state index in [9.17, 15) is 0 Å². The van der Waals surface area contributed by atoms with Gasteiger partial charge in [0.05, 0.1) is 22.1 Å². The Hall–Kier alpha value is -11.9. The quantitative estimate of drug-likeness (QED) is 0.115. The van der Waals surface area contributed by atoms with Crippen molar-refractivity contribution in [1.29, 1.82) is 0 Å². The number of nitrogens with zero attached hydrogens (tertiary/aromatic N) is 7. The zero-order valence-corrected chi connectivity index (χ0v) is 47.9. The lowest BCUT2D eigenvalue weighted by Crippen LogP contribution is -2.15. The Labute approximate surface area is 510 Å². The van der Waals surface area contributed by atoms with Crippen LogP contribution in [-0.2, 0) is 0 Å². The van der Waals surface area contributed by atoms with Crippen LogP contribution in [0.4, 0.5) is 34.4 Å². The number of hydrogen-bond acceptors (Lipinski definition) is 5. The van der Waals surface area contributed by atoms with E-state index < -0.39 is 0 Å². The van der Waals surface area contributed by atoms with Crippen LogP contribution in [0.3, 0.4) is 0 Å². The number of anilines is 6. The molecule has 3 aromatic heterocycles. The standard InChI is InChI=1S/C81H55N7/c1-6-23-58(24-7-1)69-35-16-17-38-72(69)80-82-79(83-81(84-80)86(63-28-10-3-11-29-63)67-49-43-57(44-50-67)60-46-52-78-74(55-60)71-37-19-21-40-76(71)88(78)65-32-14-5-15-33-65)61-25-22-34-68(53-61)85(62-26-8-2-9-27-62)66-47-41-56(42-48-66)59-45-51-77-73(54-59)70-36-18-20-39-75(70)87(77)64-30-12-4-13-31-64/h1-55H. The number of aromatic nitrogens is 5. The molecule has 0 fully saturated rings. The fourth-order valence-corrected chi connectivity index (χ4v) is 12.6. The first kappa shape index (κ1) is 51.7. The summed E-state index contributed by atoms with van der Waals surface area (Å²) in [5.41, 5.74) is 20.2. The Bertz CT molecular complexity index is 5180. The molecule has 0 spiro atoms. The highest BCUT2D eigenvalue weighted by Gasteiger charge is 2.23. The molecule has 16 rings (SSSR count). The van der Waals surface area contributed by atoms with Crippen LogP contribution in [0.15, 0.2) is 334 Å². The Morgan fingerprint density at radius 3 is 1.15 bits per heavy atom. The lowest BCUT2D eigenvalue weighted by molar-refractivity contribution is 1.02. The summed E-state index contributed by atoms with van der Waals surface area (Å²) in [7, 11) is 0. The molecule has 7 heteroatoms. The molecule has 13 aromatic carbocycles. The highest BCUT2D eigenvalue weighted by atomic mass is 15.3. The molecule has 0 aliphatic rings. The third kappa shape index (κ3) is 9.40. The Balaban J connectivity index is 0.799. The summed E-state index contributed by atoms with van der Waals surface area (Å²) in [5.74, 6) is 1.59. The first-order valence-corrected chi connectivity index (χ1v) is 29.8. The van der Waals surface area contributed by atoms with Crippen molar-refractivity contribution in [3.05, 3.63) is 334 Å². The van der Waals surface area contributed by atoms with E-state index >= 15 is 0 Å². The van der Waals surface area contributed by atoms with E-state index in [0.717, 1.165) is 84.3 Å². The van der Waals surface area contributed by atoms with E-state index in [0.29, 0.717) is 17.6 Å². The molecular weight excluding hydrogens is 1070 g/mol. The molecule has 3 heterocycles. The van der Waals surface area contributed by atoms with E-state index in [1.165, 1.54) is 43.6 Å². The molecule has 0 unspecified atom stereocenters. The number of rotatable bonds is 13. The zero-order chi connectivity index (χ0) is 58.3. The summed E-state index contributed by atoms with van der Waals surface area (Å²) in [6.07, 6.45) is 0. The maximum Gasteiger partial charge on any atom is 0.238 e. The van der Waals surface area contributed by atoms with E-state index in [1.54, 1.807) is 0 Å². The van der Waals surface area contributed by atoms with E-state index in [2.05, 4.69) is 340 Å². The van der Waals surface area contributed by atoms with Gasteiger partial charge >= 0.3 is 0 Å². The molecule has 88 heavy (non-hydrogen) atoms. The van der Waals surface area contributed by atoms with Crippen molar-refractivity contribution in [1.82, 2.24) is 24.1 Å². The molecule has 0 saturated carbocycles. The van der Waals surface area contributed by atoms with Crippen molar-refractivity contribution >= 4 is 78.0 Å². The Morgan fingerprint density at radius 1 is 0.216 bits per heavy atom. The predicted molar refractivity (Wildman–Crippen MR) is 365 cm³/mol. The average molecular weight is 1130 g/mol. The summed E-state index contributed by atoms with van der Waals surface area (Å²) in [4.78, 5) is 20.8. The van der Waals surface area contributed by atoms with Crippen molar-refractivity contribution in [2.45, 2.75) is 0 Å². The largest absolute Gasteiger partial charge is 0.310 e. The van der Waals surface area contributed by atoms with Gasteiger partial charge in [0.2, 0.25) is 5.95 Å². The van der Waals surface area contributed by atoms with Crippen LogP contribution in [0.5, 0.6) is 0 Å². The van der Waals surface area contributed by atoms with Gasteiger partial charge in [-0.05, 0) is 155 Å². The normalized spacial score (nSPS) is 11.4. The van der Waals surface area contributed by atoms with Crippen LogP contribution in [0.1, 0.15) is 0 Å². The second-order valence-corrected chi connectivity index (χ2v) is 22.0. The molecule has 0 amide bonds. The molecule has 7 nitrogen and oxygen atoms in total. The number of fused-ring (bicyclic) bond motifs is 6. The van der Waals surface area contributed by atoms with Crippen molar-refractivity contribution < 1.29 is 0 Å². The minimum absolute atomic E-state index is 0.487. The van der Waals surface area contributed by atoms with Crippen LogP contribution < -0.4 is 9.80 Å². The first-order valence-electron chi connectivity index (χ1n) is 29.8. The average Bonchev–Trinajstić information content (AvgIpc) is 2.05. The van der Waals surface area contributed by atoms with Crippen LogP contribution in [0, 0.1) is 0 Å². The van der Waals surface area contributed by atoms with Crippen molar-refractivity contribution in [3.8, 4) is 67.5 Å². The topological polar surface area (TPSA) is 55.0 Å². The second-order valence-electron chi connectivity index (χ2n) is 22.0. The lowest BCUT2D eigenvalue weighted by Gasteiger charge is -2.26. The Morgan fingerprint density at radius 2 is 0.602 bits per heavy atom. The number of benzene rings is 13. The smallest absolute Gasteiger partial charge is 0.238 e. The van der Waals surface area contributed by atoms with Gasteiger partial charge < -0.3 is 14.0 Å². The molecule has 0 atom stereocenters. The van der Waals surface area contributed by atoms with Gasteiger partial charge in [0.25, 0.3) is 0 Å². The summed E-state index contributed by atoms with van der Waals surface area (Å²) >= 11 is 0. The summed E-state index contributed by atoms with van der Waals surface area (Å²) in [6.45, 7) is 0. The van der Waals surface area contributed by atoms with E-state index in [1.807, 2.05) is 12.1 Å². The Kier molecular flexibility index (Phi) is 13.1. The predicted octanol–water partition coefficient (Wildman–Crippen LogP) is 21.3. The van der Waals surface area contributed by atoms with Crippen LogP contribution >= 0.6 is 0 Å². The third-order valence-electron chi connectivity index (χ3n) is 16.8. The number of hydrogen-bond donors (Lipinski definition) is 0. The SMILES string of the molecule is c1ccc(-c2ccccc2-c2nc(-c3cccc(N(c4ccccc4)c4ccc(-c5ccc6c(c5)c5ccccc5n6-c5ccccc5)cc4)c3)nc(N(c3ccccc3)c3ccc(-c4ccc5c(c4)c4ccccc4n5-c4ccccc4)cc3)n2)cc1. The maximum absolute atomic E-state index is 5.49. The summed E-state index contributed by atoms with van der Waals surface area (Å²) in [6, 6.07) is 118. The minimum Gasteiger partial charge on any atom is -0.310 e. The van der Waals surface area contributed by atoms with Crippen molar-refractivity contribution in [2.75, 3.05) is 9.80 Å². The molecule has 0 saturated heterocycles. The molecule has 0 bridgehead atoms. The monoisotopic (exact) mass is 1130 g/mol. The molecule has 0 aliphatic heterocycles. The van der Waals surface area contributed by atoms with Gasteiger partial charge in [0.15, 0.2) is 11.6 Å². The highest BCUT2D eigenvalue weighted by molar-refractivity contribution is 6.12. The van der Waals surface area contributed by atoms with Gasteiger partial charge in [-0.3, -0.25) is 4.90 Å². The van der Waals surface area contributed by atoms with Gasteiger partial charge in [-0.2, -0.15) is 9.97 Å². The first-order chi connectivity index (χ1) is 43.6. The van der Waals surface area contributed by atoms with Gasteiger partial charge in [0.1, 0.15) is 0 Å². The van der Waals surface area contributed by atoms with Crippen LogP contribution in [0.25, 0.3) is 111 Å². The maximum atomic E-state index is 5.49. The molecule has 16 aromatic rings. The molecule has 0 aliphatic carbocycles. The lowest BCUT2D eigenvalue weighted by atomic mass is 9.99. The van der Waals surface area contributed by atoms with Gasteiger partial charge in [-0.1, -0.05) is 212 Å². The van der Waals surface area contributed by atoms with Crippen LogP contribution in [0.2, 0.25) is 0 Å². The molecule has 414 valence electrons. The van der Waals surface area contributed by atoms with E-state index in [-0.39, 0.29) is 0 Å². The van der Waals surface area contributed by atoms with Gasteiger partial charge in [0, 0.05) is 72.5 Å². The second kappa shape index (κ2) is 22.2. The minimum atomic E-state index is 0.487. The molecular formula is C81H55N7. The van der Waals surface area contributed by atoms with Crippen molar-refractivity contribution in [2.24, 2.45) is 0 Å². The summed E-state index contributed by atoms with van der Waals surface area (Å²) in [5, 5.41) is 4.86. The zero-order valence-electron chi connectivity index (χ0n) is 47.9. The third-order valence-corrected chi connectivity index (χ3v) is 16.8. The molecule has 0 N–H and O–H groups in total. The van der Waals surface area contributed by atoms with E-state index in [4.69, 9.17) is 15.0 Å². The van der Waals surface area contributed by atoms with Crippen LogP contribution in [-0.4, -0.2) is 24.1 Å². The molecule has 0 radical (unpaired) electrons. The summed E-state index contributed by atoms with van der Waals surface area (Å²) < 4.78 is 4.71. The highest BCUT2D eigenvalue weighted by Crippen LogP contribution is 2.43. The fourth-order valence-electron chi connectivity index (χ4n) is 12.6. The fraction of sp³-hybridized carbons (Fsp3) is 0. The van der Waals surface area contributed by atoms with Gasteiger partial charge in [-0.25, -0.2) is 4.98 Å². The van der Waals surface area contributed by atoms with Crippen molar-refractivity contribution in [3.63, 3.8) is 0 Å². The number of para-hydroxylation sites is 6.